The zero-order chi connectivity index (χ0) is 15.5. The van der Waals surface area contributed by atoms with E-state index >= 15 is 0 Å². The van der Waals surface area contributed by atoms with Crippen molar-refractivity contribution in [3.63, 3.8) is 0 Å². The van der Waals surface area contributed by atoms with E-state index in [4.69, 9.17) is 0 Å². The van der Waals surface area contributed by atoms with Gasteiger partial charge in [0.25, 0.3) is 0 Å². The lowest BCUT2D eigenvalue weighted by molar-refractivity contribution is 0.0863. The summed E-state index contributed by atoms with van der Waals surface area (Å²) in [7, 11) is 0. The van der Waals surface area contributed by atoms with Gasteiger partial charge in [-0.25, -0.2) is 0 Å². The second kappa shape index (κ2) is 7.01. The van der Waals surface area contributed by atoms with E-state index in [1.165, 1.54) is 50.0 Å². The Morgan fingerprint density at radius 1 is 1.05 bits per heavy atom. The van der Waals surface area contributed by atoms with Gasteiger partial charge in [-0.05, 0) is 61.5 Å². The van der Waals surface area contributed by atoms with Crippen molar-refractivity contribution in [2.75, 3.05) is 26.2 Å². The van der Waals surface area contributed by atoms with Crippen molar-refractivity contribution in [3.8, 4) is 5.75 Å². The normalized spacial score (nSPS) is 21.8. The van der Waals surface area contributed by atoms with Gasteiger partial charge in [0, 0.05) is 25.7 Å². The predicted molar refractivity (Wildman–Crippen MR) is 91.1 cm³/mol. The van der Waals surface area contributed by atoms with Gasteiger partial charge in [-0.15, -0.1) is 0 Å². The highest BCUT2D eigenvalue weighted by atomic mass is 16.3. The lowest BCUT2D eigenvalue weighted by Gasteiger charge is -2.41. The minimum absolute atomic E-state index is 0.401. The maximum atomic E-state index is 9.76. The molecule has 1 aromatic carbocycles. The van der Waals surface area contributed by atoms with Gasteiger partial charge in [-0.1, -0.05) is 26.3 Å². The minimum Gasteiger partial charge on any atom is -0.508 e. The third-order valence-corrected chi connectivity index (χ3v) is 5.36. The molecule has 0 bridgehead atoms. The number of piperidine rings is 1. The van der Waals surface area contributed by atoms with Gasteiger partial charge < -0.3 is 10.0 Å². The summed E-state index contributed by atoms with van der Waals surface area (Å²) in [6, 6.07) is 6.49. The number of hydrogen-bond donors (Lipinski definition) is 1. The van der Waals surface area contributed by atoms with Crippen molar-refractivity contribution < 1.29 is 5.11 Å². The number of fused-ring (bicyclic) bond motifs is 1. The number of hydrogen-bond acceptors (Lipinski definition) is 3. The molecule has 0 aliphatic carbocycles. The lowest BCUT2D eigenvalue weighted by Crippen LogP contribution is -2.49. The van der Waals surface area contributed by atoms with Crippen LogP contribution in [0, 0.1) is 5.92 Å². The van der Waals surface area contributed by atoms with E-state index in [0.717, 1.165) is 19.5 Å². The molecule has 1 atom stereocenters. The van der Waals surface area contributed by atoms with Crippen LogP contribution in [0.1, 0.15) is 44.2 Å². The molecule has 122 valence electrons. The van der Waals surface area contributed by atoms with Crippen LogP contribution in [0.15, 0.2) is 18.2 Å². The topological polar surface area (TPSA) is 26.7 Å². The first-order valence-electron chi connectivity index (χ1n) is 8.90. The van der Waals surface area contributed by atoms with Crippen LogP contribution in [-0.2, 0) is 13.0 Å². The highest BCUT2D eigenvalue weighted by Crippen LogP contribution is 2.26. The Bertz CT molecular complexity index is 494. The van der Waals surface area contributed by atoms with E-state index < -0.39 is 0 Å². The maximum absolute atomic E-state index is 9.76. The molecular formula is C19H30N2O. The molecule has 3 nitrogen and oxygen atoms in total. The number of benzene rings is 1. The first-order valence-corrected chi connectivity index (χ1v) is 8.90. The summed E-state index contributed by atoms with van der Waals surface area (Å²) in [6.45, 7) is 10.6. The highest BCUT2D eigenvalue weighted by molar-refractivity contribution is 5.36. The maximum Gasteiger partial charge on any atom is 0.115 e. The van der Waals surface area contributed by atoms with Crippen LogP contribution < -0.4 is 0 Å². The minimum atomic E-state index is 0.401. The van der Waals surface area contributed by atoms with Crippen LogP contribution >= 0.6 is 0 Å². The molecule has 0 saturated carbocycles. The van der Waals surface area contributed by atoms with Gasteiger partial charge in [-0.3, -0.25) is 4.90 Å². The van der Waals surface area contributed by atoms with Crippen molar-refractivity contribution in [2.45, 2.75) is 52.1 Å². The molecule has 2 aliphatic heterocycles. The Morgan fingerprint density at radius 2 is 1.82 bits per heavy atom. The average Bonchev–Trinajstić information content (AvgIpc) is 2.52. The largest absolute Gasteiger partial charge is 0.508 e. The quantitative estimate of drug-likeness (QED) is 0.925. The molecule has 2 aliphatic rings. The number of nitrogens with zero attached hydrogens (tertiary/aromatic N) is 2. The SMILES string of the molecule is CC(C)[C@@H](CN1CCCCC1)N1CCc2ccc(O)cc2C1. The van der Waals surface area contributed by atoms with E-state index in [1.807, 2.05) is 12.1 Å². The predicted octanol–water partition coefficient (Wildman–Crippen LogP) is 3.26. The fraction of sp³-hybridized carbons (Fsp3) is 0.684. The van der Waals surface area contributed by atoms with Gasteiger partial charge in [0.2, 0.25) is 0 Å². The van der Waals surface area contributed by atoms with Crippen LogP contribution in [0.4, 0.5) is 0 Å². The first-order chi connectivity index (χ1) is 10.6. The van der Waals surface area contributed by atoms with Crippen LogP contribution in [0.2, 0.25) is 0 Å². The van der Waals surface area contributed by atoms with Gasteiger partial charge in [0.05, 0.1) is 0 Å². The van der Waals surface area contributed by atoms with Gasteiger partial charge in [0.1, 0.15) is 5.75 Å². The third kappa shape index (κ3) is 3.64. The summed E-state index contributed by atoms with van der Waals surface area (Å²) in [6.07, 6.45) is 5.24. The summed E-state index contributed by atoms with van der Waals surface area (Å²) in [5.41, 5.74) is 2.73. The van der Waals surface area contributed by atoms with Crippen LogP contribution in [0.5, 0.6) is 5.75 Å². The lowest BCUT2D eigenvalue weighted by atomic mass is 9.94. The van der Waals surface area contributed by atoms with Gasteiger partial charge in [-0.2, -0.15) is 0 Å². The van der Waals surface area contributed by atoms with Crippen molar-refractivity contribution in [1.82, 2.24) is 9.80 Å². The van der Waals surface area contributed by atoms with E-state index in [-0.39, 0.29) is 0 Å². The Kier molecular flexibility index (Phi) is 5.04. The van der Waals surface area contributed by atoms with E-state index in [9.17, 15) is 5.11 Å². The smallest absolute Gasteiger partial charge is 0.115 e. The summed E-state index contributed by atoms with van der Waals surface area (Å²) >= 11 is 0. The van der Waals surface area contributed by atoms with Crippen LogP contribution in [0.3, 0.4) is 0 Å². The molecule has 0 radical (unpaired) electrons. The van der Waals surface area contributed by atoms with E-state index in [2.05, 4.69) is 29.7 Å². The molecule has 3 heteroatoms. The fourth-order valence-corrected chi connectivity index (χ4v) is 4.00. The van der Waals surface area contributed by atoms with Crippen molar-refractivity contribution in [2.24, 2.45) is 5.92 Å². The molecule has 1 N–H and O–H groups in total. The molecule has 0 amide bonds. The van der Waals surface area contributed by atoms with E-state index in [0.29, 0.717) is 17.7 Å². The molecular weight excluding hydrogens is 272 g/mol. The molecule has 1 fully saturated rings. The average molecular weight is 302 g/mol. The van der Waals surface area contributed by atoms with Crippen molar-refractivity contribution in [1.29, 1.82) is 0 Å². The molecule has 0 unspecified atom stereocenters. The zero-order valence-corrected chi connectivity index (χ0v) is 14.1. The Balaban J connectivity index is 1.69. The van der Waals surface area contributed by atoms with Gasteiger partial charge >= 0.3 is 0 Å². The monoisotopic (exact) mass is 302 g/mol. The molecule has 22 heavy (non-hydrogen) atoms. The standard InChI is InChI=1S/C19H30N2O/c1-15(2)19(14-20-9-4-3-5-10-20)21-11-8-16-6-7-18(22)12-17(16)13-21/h6-7,12,15,19,22H,3-5,8-11,13-14H2,1-2H3/t19-/m1/s1. The van der Waals surface area contributed by atoms with Gasteiger partial charge in [0.15, 0.2) is 0 Å². The Morgan fingerprint density at radius 3 is 2.55 bits per heavy atom. The number of likely N-dealkylation sites (tertiary alicyclic amines) is 1. The summed E-state index contributed by atoms with van der Waals surface area (Å²) < 4.78 is 0. The Hall–Kier alpha value is -1.06. The summed E-state index contributed by atoms with van der Waals surface area (Å²) in [4.78, 5) is 5.30. The summed E-state index contributed by atoms with van der Waals surface area (Å²) in [5, 5.41) is 9.76. The highest BCUT2D eigenvalue weighted by Gasteiger charge is 2.28. The second-order valence-electron chi connectivity index (χ2n) is 7.35. The van der Waals surface area contributed by atoms with Crippen molar-refractivity contribution >= 4 is 0 Å². The van der Waals surface area contributed by atoms with E-state index in [1.54, 1.807) is 0 Å². The molecule has 2 heterocycles. The van der Waals surface area contributed by atoms with Crippen molar-refractivity contribution in [3.05, 3.63) is 29.3 Å². The number of aromatic hydroxyl groups is 1. The molecule has 0 spiro atoms. The first kappa shape index (κ1) is 15.8. The fourth-order valence-electron chi connectivity index (χ4n) is 4.00. The number of phenolic OH excluding ortho intramolecular Hbond substituents is 1. The molecule has 3 rings (SSSR count). The molecule has 1 saturated heterocycles. The molecule has 0 aromatic heterocycles. The molecule has 1 aromatic rings. The Labute approximate surface area is 134 Å². The third-order valence-electron chi connectivity index (χ3n) is 5.36. The second-order valence-corrected chi connectivity index (χ2v) is 7.35. The summed E-state index contributed by atoms with van der Waals surface area (Å²) in [5.74, 6) is 1.07. The number of rotatable bonds is 4. The number of phenols is 1. The van der Waals surface area contributed by atoms with Crippen LogP contribution in [-0.4, -0.2) is 47.1 Å². The zero-order valence-electron chi connectivity index (χ0n) is 14.1. The van der Waals surface area contributed by atoms with Crippen LogP contribution in [0.25, 0.3) is 0 Å².